The summed E-state index contributed by atoms with van der Waals surface area (Å²) in [5.74, 6) is 6.05. The number of pyridine rings is 1. The molecule has 0 saturated heterocycles. The average Bonchev–Trinajstić information content (AvgIpc) is 2.39. The van der Waals surface area contributed by atoms with E-state index in [1.54, 1.807) is 13.3 Å². The van der Waals surface area contributed by atoms with E-state index < -0.39 is 0 Å². The van der Waals surface area contributed by atoms with Crippen molar-refractivity contribution in [3.63, 3.8) is 0 Å². The van der Waals surface area contributed by atoms with Gasteiger partial charge in [0.2, 0.25) is 0 Å². The van der Waals surface area contributed by atoms with E-state index in [2.05, 4.69) is 29.2 Å². The number of hydrogen-bond donors (Lipinski definition) is 2. The van der Waals surface area contributed by atoms with Gasteiger partial charge in [-0.2, -0.15) is 0 Å². The zero-order chi connectivity index (χ0) is 12.7. The fourth-order valence-electron chi connectivity index (χ4n) is 1.69. The molecule has 3 N–H and O–H groups in total. The van der Waals surface area contributed by atoms with Gasteiger partial charge in [0.05, 0.1) is 6.61 Å². The number of aromatic nitrogens is 1. The lowest BCUT2D eigenvalue weighted by Crippen LogP contribution is -2.35. The molecule has 17 heavy (non-hydrogen) atoms. The summed E-state index contributed by atoms with van der Waals surface area (Å²) in [4.78, 5) is 6.41. The molecule has 0 aromatic carbocycles. The summed E-state index contributed by atoms with van der Waals surface area (Å²) in [5, 5.41) is 0. The van der Waals surface area contributed by atoms with Crippen molar-refractivity contribution in [2.45, 2.75) is 26.3 Å². The summed E-state index contributed by atoms with van der Waals surface area (Å²) in [7, 11) is 1.72. The zero-order valence-corrected chi connectivity index (χ0v) is 10.8. The van der Waals surface area contributed by atoms with Crippen LogP contribution in [0.5, 0.6) is 0 Å². The molecule has 1 atom stereocenters. The van der Waals surface area contributed by atoms with Crippen molar-refractivity contribution in [3.8, 4) is 0 Å². The topological polar surface area (TPSA) is 63.4 Å². The second-order valence-corrected chi connectivity index (χ2v) is 3.99. The number of rotatable bonds is 7. The van der Waals surface area contributed by atoms with Gasteiger partial charge in [0, 0.05) is 37.6 Å². The number of nitrogen functional groups attached to an aromatic ring is 1. The average molecular weight is 238 g/mol. The van der Waals surface area contributed by atoms with Crippen molar-refractivity contribution in [1.82, 2.24) is 4.98 Å². The minimum absolute atomic E-state index is 0.457. The van der Waals surface area contributed by atoms with Gasteiger partial charge in [-0.15, -0.1) is 0 Å². The Morgan fingerprint density at radius 1 is 1.59 bits per heavy atom. The number of nitrogens with zero attached hydrogens (tertiary/aromatic N) is 2. The third-order valence-corrected chi connectivity index (χ3v) is 2.88. The maximum atomic E-state index is 5.37. The van der Waals surface area contributed by atoms with Crippen LogP contribution in [0.1, 0.15) is 20.3 Å². The van der Waals surface area contributed by atoms with Gasteiger partial charge < -0.3 is 15.1 Å². The molecule has 1 rings (SSSR count). The van der Waals surface area contributed by atoms with Gasteiger partial charge in [-0.05, 0) is 19.4 Å². The third kappa shape index (κ3) is 3.87. The molecule has 0 saturated carbocycles. The van der Waals surface area contributed by atoms with Crippen LogP contribution in [0.25, 0.3) is 0 Å². The third-order valence-electron chi connectivity index (χ3n) is 2.88. The monoisotopic (exact) mass is 238 g/mol. The minimum Gasteiger partial charge on any atom is -0.383 e. The van der Waals surface area contributed by atoms with E-state index in [-0.39, 0.29) is 0 Å². The lowest BCUT2D eigenvalue weighted by Gasteiger charge is -2.30. The number of ether oxygens (including phenoxy) is 1. The second-order valence-electron chi connectivity index (χ2n) is 3.99. The summed E-state index contributed by atoms with van der Waals surface area (Å²) < 4.78 is 5.15. The van der Waals surface area contributed by atoms with Crippen LogP contribution in [0, 0.1) is 0 Å². The molecule has 1 unspecified atom stereocenters. The van der Waals surface area contributed by atoms with Crippen LogP contribution in [0.15, 0.2) is 18.3 Å². The van der Waals surface area contributed by atoms with Crippen molar-refractivity contribution >= 4 is 11.5 Å². The molecule has 0 aliphatic rings. The Morgan fingerprint density at radius 3 is 2.94 bits per heavy atom. The molecule has 0 aliphatic carbocycles. The molecule has 0 aliphatic heterocycles. The maximum absolute atomic E-state index is 5.37. The van der Waals surface area contributed by atoms with Crippen LogP contribution < -0.4 is 16.2 Å². The van der Waals surface area contributed by atoms with Crippen LogP contribution >= 0.6 is 0 Å². The van der Waals surface area contributed by atoms with E-state index in [0.717, 1.165) is 18.7 Å². The molecular weight excluding hydrogens is 216 g/mol. The maximum Gasteiger partial charge on any atom is 0.141 e. The molecule has 1 aromatic heterocycles. The van der Waals surface area contributed by atoms with Crippen molar-refractivity contribution in [1.29, 1.82) is 0 Å². The molecule has 0 radical (unpaired) electrons. The highest BCUT2D eigenvalue weighted by atomic mass is 16.5. The number of hydrogen-bond acceptors (Lipinski definition) is 5. The fourth-order valence-corrected chi connectivity index (χ4v) is 1.69. The van der Waals surface area contributed by atoms with Gasteiger partial charge in [-0.25, -0.2) is 10.8 Å². The Kier molecular flexibility index (Phi) is 5.72. The van der Waals surface area contributed by atoms with Crippen LogP contribution in [0.4, 0.5) is 11.5 Å². The van der Waals surface area contributed by atoms with Crippen LogP contribution in [0.3, 0.4) is 0 Å². The highest BCUT2D eigenvalue weighted by Gasteiger charge is 2.13. The molecule has 1 aromatic rings. The highest BCUT2D eigenvalue weighted by molar-refractivity contribution is 5.54. The molecule has 0 bridgehead atoms. The number of hydrazine groups is 1. The second kappa shape index (κ2) is 7.09. The van der Waals surface area contributed by atoms with Crippen LogP contribution in [-0.4, -0.2) is 31.3 Å². The molecular formula is C12H22N4O. The molecule has 0 spiro atoms. The molecule has 5 nitrogen and oxygen atoms in total. The Morgan fingerprint density at radius 2 is 2.35 bits per heavy atom. The minimum atomic E-state index is 0.457. The summed E-state index contributed by atoms with van der Waals surface area (Å²) in [6, 6.07) is 4.39. The Bertz CT molecular complexity index is 332. The molecule has 0 fully saturated rings. The Hall–Kier alpha value is -1.33. The summed E-state index contributed by atoms with van der Waals surface area (Å²) >= 11 is 0. The SMILES string of the molecule is CCC(C)N(CCOC)c1ccnc(NN)c1. The molecule has 96 valence electrons. The predicted molar refractivity (Wildman–Crippen MR) is 71.0 cm³/mol. The van der Waals surface area contributed by atoms with Crippen LogP contribution in [-0.2, 0) is 4.74 Å². The smallest absolute Gasteiger partial charge is 0.141 e. The highest BCUT2D eigenvalue weighted by Crippen LogP contribution is 2.20. The molecule has 0 amide bonds. The largest absolute Gasteiger partial charge is 0.383 e. The number of methoxy groups -OCH3 is 1. The first-order valence-corrected chi connectivity index (χ1v) is 5.91. The lowest BCUT2D eigenvalue weighted by atomic mass is 10.2. The first kappa shape index (κ1) is 13.7. The van der Waals surface area contributed by atoms with Gasteiger partial charge in [0.15, 0.2) is 0 Å². The van der Waals surface area contributed by atoms with Crippen molar-refractivity contribution in [2.24, 2.45) is 5.84 Å². The van der Waals surface area contributed by atoms with Crippen molar-refractivity contribution in [3.05, 3.63) is 18.3 Å². The van der Waals surface area contributed by atoms with Crippen molar-refractivity contribution in [2.75, 3.05) is 30.6 Å². The first-order valence-electron chi connectivity index (χ1n) is 5.91. The van der Waals surface area contributed by atoms with E-state index in [0.29, 0.717) is 18.5 Å². The van der Waals surface area contributed by atoms with E-state index in [4.69, 9.17) is 10.6 Å². The number of nitrogens with two attached hydrogens (primary N) is 1. The van der Waals surface area contributed by atoms with Crippen LogP contribution in [0.2, 0.25) is 0 Å². The van der Waals surface area contributed by atoms with Gasteiger partial charge in [-0.3, -0.25) is 0 Å². The first-order chi connectivity index (χ1) is 8.22. The van der Waals surface area contributed by atoms with Crippen molar-refractivity contribution < 1.29 is 4.74 Å². The predicted octanol–water partition coefficient (Wildman–Crippen LogP) is 1.62. The lowest BCUT2D eigenvalue weighted by molar-refractivity contribution is 0.203. The van der Waals surface area contributed by atoms with Gasteiger partial charge in [0.1, 0.15) is 5.82 Å². The zero-order valence-electron chi connectivity index (χ0n) is 10.8. The molecule has 5 heteroatoms. The molecule has 1 heterocycles. The standard InChI is InChI=1S/C12H22N4O/c1-4-10(2)16(7-8-17-3)11-5-6-14-12(9-11)15-13/h5-6,9-10H,4,7-8,13H2,1-3H3,(H,14,15). The Balaban J connectivity index is 2.86. The van der Waals surface area contributed by atoms with E-state index in [1.165, 1.54) is 0 Å². The fraction of sp³-hybridized carbons (Fsp3) is 0.583. The summed E-state index contributed by atoms with van der Waals surface area (Å²) in [6.45, 7) is 5.94. The van der Waals surface area contributed by atoms with E-state index in [1.807, 2.05) is 12.1 Å². The van der Waals surface area contributed by atoms with Gasteiger partial charge in [0.25, 0.3) is 0 Å². The summed E-state index contributed by atoms with van der Waals surface area (Å²) in [5.41, 5.74) is 3.68. The van der Waals surface area contributed by atoms with Gasteiger partial charge in [-0.1, -0.05) is 6.92 Å². The van der Waals surface area contributed by atoms with E-state index in [9.17, 15) is 0 Å². The number of nitrogens with one attached hydrogen (secondary N) is 1. The van der Waals surface area contributed by atoms with E-state index >= 15 is 0 Å². The summed E-state index contributed by atoms with van der Waals surface area (Å²) in [6.07, 6.45) is 2.84. The van der Waals surface area contributed by atoms with Gasteiger partial charge >= 0.3 is 0 Å². The normalized spacial score (nSPS) is 12.2. The quantitative estimate of drug-likeness (QED) is 0.558. The Labute approximate surface area is 103 Å². The number of anilines is 2.